The third-order valence-corrected chi connectivity index (χ3v) is 6.13. The van der Waals surface area contributed by atoms with Crippen LogP contribution in [-0.4, -0.2) is 46.5 Å². The van der Waals surface area contributed by atoms with Gasteiger partial charge in [0.2, 0.25) is 5.91 Å². The highest BCUT2D eigenvalue weighted by atomic mass is 35.5. The summed E-state index contributed by atoms with van der Waals surface area (Å²) < 4.78 is 25.5. The molecule has 1 aliphatic rings. The zero-order chi connectivity index (χ0) is 28.6. The van der Waals surface area contributed by atoms with Crippen LogP contribution in [0.3, 0.4) is 0 Å². The molecule has 2 aromatic rings. The second-order valence-electron chi connectivity index (χ2n) is 11.1. The summed E-state index contributed by atoms with van der Waals surface area (Å²) in [7, 11) is 1.26. The summed E-state index contributed by atoms with van der Waals surface area (Å²) in [5.41, 5.74) is -1.41. The summed E-state index contributed by atoms with van der Waals surface area (Å²) in [6.45, 7) is 10.1. The maximum atomic E-state index is 13.6. The first kappa shape index (κ1) is 29.2. The normalized spacial score (nSPS) is 13.7. The summed E-state index contributed by atoms with van der Waals surface area (Å²) in [6, 6.07) is 4.18. The molecular formula is C27H33ClFN3O6. The van der Waals surface area contributed by atoms with Gasteiger partial charge in [-0.05, 0) is 44.9 Å². The van der Waals surface area contributed by atoms with Crippen molar-refractivity contribution in [2.24, 2.45) is 5.41 Å². The van der Waals surface area contributed by atoms with Gasteiger partial charge in [0.25, 0.3) is 11.5 Å². The molecule has 2 heterocycles. The number of hydrogen-bond donors (Lipinski definition) is 1. The lowest BCUT2D eigenvalue weighted by Gasteiger charge is -2.32. The number of methoxy groups -OCH3 is 1. The molecule has 0 fully saturated rings. The fourth-order valence-electron chi connectivity index (χ4n) is 4.02. The zero-order valence-electron chi connectivity index (χ0n) is 22.7. The van der Waals surface area contributed by atoms with Crippen LogP contribution >= 0.6 is 11.6 Å². The zero-order valence-corrected chi connectivity index (χ0v) is 23.4. The van der Waals surface area contributed by atoms with E-state index >= 15 is 0 Å². The Kier molecular flexibility index (Phi) is 8.26. The van der Waals surface area contributed by atoms with Crippen LogP contribution < -0.4 is 15.6 Å². The lowest BCUT2D eigenvalue weighted by atomic mass is 9.94. The molecule has 0 atom stereocenters. The van der Waals surface area contributed by atoms with E-state index in [4.69, 9.17) is 21.1 Å². The molecule has 206 valence electrons. The molecule has 0 unspecified atom stereocenters. The van der Waals surface area contributed by atoms with Gasteiger partial charge in [0.15, 0.2) is 5.75 Å². The van der Waals surface area contributed by atoms with Crippen LogP contribution in [0.15, 0.2) is 23.0 Å². The number of nitrogens with zero attached hydrogens (tertiary/aromatic N) is 2. The van der Waals surface area contributed by atoms with Crippen LogP contribution in [0, 0.1) is 11.2 Å². The van der Waals surface area contributed by atoms with Gasteiger partial charge in [-0.25, -0.2) is 4.39 Å². The number of fused-ring (bicyclic) bond motifs is 1. The molecule has 1 aliphatic heterocycles. The van der Waals surface area contributed by atoms with Gasteiger partial charge in [-0.1, -0.05) is 38.4 Å². The Morgan fingerprint density at radius 2 is 1.79 bits per heavy atom. The number of hydrogen-bond acceptors (Lipinski definition) is 6. The summed E-state index contributed by atoms with van der Waals surface area (Å²) >= 11 is 5.90. The first-order valence-electron chi connectivity index (χ1n) is 12.1. The molecule has 0 spiro atoms. The predicted octanol–water partition coefficient (Wildman–Crippen LogP) is 4.17. The smallest absolute Gasteiger partial charge is 0.326 e. The van der Waals surface area contributed by atoms with Crippen LogP contribution in [-0.2, 0) is 33.8 Å². The Labute approximate surface area is 225 Å². The Hall–Kier alpha value is -3.40. The van der Waals surface area contributed by atoms with E-state index in [1.807, 2.05) is 0 Å². The fourth-order valence-corrected chi connectivity index (χ4v) is 4.22. The molecule has 0 radical (unpaired) electrons. The van der Waals surface area contributed by atoms with Gasteiger partial charge in [0.1, 0.15) is 23.8 Å². The minimum Gasteiger partial charge on any atom is -0.490 e. The van der Waals surface area contributed by atoms with E-state index in [9.17, 15) is 23.6 Å². The lowest BCUT2D eigenvalue weighted by Crippen LogP contribution is -2.42. The molecule has 1 aromatic heterocycles. The molecule has 2 amide bonds. The van der Waals surface area contributed by atoms with Gasteiger partial charge in [-0.2, -0.15) is 0 Å². The average Bonchev–Trinajstić information content (AvgIpc) is 2.79. The van der Waals surface area contributed by atoms with Gasteiger partial charge in [0, 0.05) is 24.1 Å². The summed E-state index contributed by atoms with van der Waals surface area (Å²) in [5, 5.41) is 2.70. The van der Waals surface area contributed by atoms with Crippen LogP contribution in [0.4, 0.5) is 10.2 Å². The number of carbonyl (C=O) groups is 3. The van der Waals surface area contributed by atoms with Crippen LogP contribution in [0.25, 0.3) is 0 Å². The van der Waals surface area contributed by atoms with Crippen LogP contribution in [0.5, 0.6) is 5.75 Å². The highest BCUT2D eigenvalue weighted by Gasteiger charge is 2.36. The molecule has 3 rings (SSSR count). The number of nitrogens with one attached hydrogen (secondary N) is 1. The fraction of sp³-hybridized carbons (Fsp3) is 0.481. The number of aromatic nitrogens is 1. The monoisotopic (exact) mass is 549 g/mol. The van der Waals surface area contributed by atoms with E-state index < -0.39 is 46.7 Å². The predicted molar refractivity (Wildman–Crippen MR) is 141 cm³/mol. The van der Waals surface area contributed by atoms with Crippen molar-refractivity contribution in [1.29, 1.82) is 0 Å². The lowest BCUT2D eigenvalue weighted by molar-refractivity contribution is -0.155. The van der Waals surface area contributed by atoms with Crippen molar-refractivity contribution in [3.63, 3.8) is 0 Å². The number of halogens is 2. The topological polar surface area (TPSA) is 107 Å². The van der Waals surface area contributed by atoms with Gasteiger partial charge < -0.3 is 19.7 Å². The molecule has 0 saturated heterocycles. The maximum absolute atomic E-state index is 13.6. The number of anilines is 1. The highest BCUT2D eigenvalue weighted by molar-refractivity contribution is 6.30. The molecule has 11 heteroatoms. The van der Waals surface area contributed by atoms with E-state index in [1.54, 1.807) is 41.5 Å². The van der Waals surface area contributed by atoms with Crippen molar-refractivity contribution in [1.82, 2.24) is 9.47 Å². The van der Waals surface area contributed by atoms with Crippen LogP contribution in [0.1, 0.15) is 63.0 Å². The van der Waals surface area contributed by atoms with Gasteiger partial charge in [-0.3, -0.25) is 23.7 Å². The average molecular weight is 550 g/mol. The summed E-state index contributed by atoms with van der Waals surface area (Å²) in [6.07, 6.45) is 0.251. The number of rotatable bonds is 6. The van der Waals surface area contributed by atoms with Gasteiger partial charge in [-0.15, -0.1) is 0 Å². The number of esters is 1. The van der Waals surface area contributed by atoms with Gasteiger partial charge >= 0.3 is 5.97 Å². The third-order valence-electron chi connectivity index (χ3n) is 5.84. The maximum Gasteiger partial charge on any atom is 0.326 e. The Bertz CT molecular complexity index is 1340. The highest BCUT2D eigenvalue weighted by Crippen LogP contribution is 2.33. The SMILES string of the molecule is COc1c2c(c(NC(=O)C(C)(C)C)n(CC(=O)OC(C)(C)C)c1=O)CCN(Cc1ccc(F)c(Cl)c1)C2=O. The second-order valence-corrected chi connectivity index (χ2v) is 11.5. The van der Waals surface area contributed by atoms with E-state index in [2.05, 4.69) is 5.32 Å². The number of amides is 2. The third kappa shape index (κ3) is 6.35. The quantitative estimate of drug-likeness (QED) is 0.542. The summed E-state index contributed by atoms with van der Waals surface area (Å²) in [4.78, 5) is 54.4. The first-order valence-corrected chi connectivity index (χ1v) is 12.5. The van der Waals surface area contributed by atoms with E-state index in [-0.39, 0.29) is 41.7 Å². The van der Waals surface area contributed by atoms with Gasteiger partial charge in [0.05, 0.1) is 17.7 Å². The number of carbonyl (C=O) groups excluding carboxylic acids is 3. The molecule has 0 bridgehead atoms. The second kappa shape index (κ2) is 10.8. The van der Waals surface area contributed by atoms with Crippen molar-refractivity contribution < 1.29 is 28.2 Å². The Morgan fingerprint density at radius 1 is 1.13 bits per heavy atom. The molecular weight excluding hydrogens is 517 g/mol. The number of ether oxygens (including phenoxy) is 2. The number of pyridine rings is 1. The Balaban J connectivity index is 2.13. The summed E-state index contributed by atoms with van der Waals surface area (Å²) in [5.74, 6) is -2.37. The van der Waals surface area contributed by atoms with Crippen molar-refractivity contribution >= 4 is 35.2 Å². The van der Waals surface area contributed by atoms with Crippen molar-refractivity contribution in [3.05, 3.63) is 56.1 Å². The van der Waals surface area contributed by atoms with Crippen molar-refractivity contribution in [2.45, 2.75) is 66.7 Å². The van der Waals surface area contributed by atoms with Crippen molar-refractivity contribution in [2.75, 3.05) is 19.0 Å². The molecule has 9 nitrogen and oxygen atoms in total. The first-order chi connectivity index (χ1) is 17.5. The van der Waals surface area contributed by atoms with E-state index in [1.165, 1.54) is 30.2 Å². The largest absolute Gasteiger partial charge is 0.490 e. The van der Waals surface area contributed by atoms with Crippen molar-refractivity contribution in [3.8, 4) is 5.75 Å². The molecule has 38 heavy (non-hydrogen) atoms. The minimum absolute atomic E-state index is 0.00149. The van der Waals surface area contributed by atoms with Crippen LogP contribution in [0.2, 0.25) is 5.02 Å². The standard InChI is InChI=1S/C27H33ClFN3O6/c1-26(2,3)25(36)30-22-16-10-11-31(13-15-8-9-18(29)17(28)12-15)23(34)20(16)21(37-7)24(35)32(22)14-19(33)38-27(4,5)6/h8-9,12H,10-11,13-14H2,1-7H3,(H,30,36). The Morgan fingerprint density at radius 3 is 2.34 bits per heavy atom. The minimum atomic E-state index is -0.827. The molecule has 0 aliphatic carbocycles. The number of benzene rings is 1. The molecule has 1 N–H and O–H groups in total. The van der Waals surface area contributed by atoms with E-state index in [0.29, 0.717) is 11.1 Å². The molecule has 1 aromatic carbocycles. The molecule has 0 saturated carbocycles. The van der Waals surface area contributed by atoms with E-state index in [0.717, 1.165) is 4.57 Å².